The van der Waals surface area contributed by atoms with Crippen LogP contribution in [0.2, 0.25) is 0 Å². The van der Waals surface area contributed by atoms with Gasteiger partial charge < -0.3 is 34.2 Å². The fraction of sp³-hybridized carbons (Fsp3) is 0.444. The maximum atomic E-state index is 13.1. The zero-order chi connectivity index (χ0) is 41.8. The van der Waals surface area contributed by atoms with E-state index in [9.17, 15) is 24.0 Å². The van der Waals surface area contributed by atoms with Gasteiger partial charge in [-0.3, -0.25) is 29.5 Å². The lowest BCUT2D eigenvalue weighted by Crippen LogP contribution is -2.52. The molecule has 6 heterocycles. The van der Waals surface area contributed by atoms with Crippen molar-refractivity contribution in [3.05, 3.63) is 76.9 Å². The molecule has 2 aromatic carbocycles. The number of aromatic nitrogens is 3. The summed E-state index contributed by atoms with van der Waals surface area (Å²) < 4.78 is 8.01. The van der Waals surface area contributed by atoms with Gasteiger partial charge >= 0.3 is 6.03 Å². The summed E-state index contributed by atoms with van der Waals surface area (Å²) in [4.78, 5) is 78.8. The molecule has 1 unspecified atom stereocenters. The highest BCUT2D eigenvalue weighted by Gasteiger charge is 2.33. The van der Waals surface area contributed by atoms with Crippen molar-refractivity contribution in [3.8, 4) is 23.1 Å². The Bertz CT molecular complexity index is 2370. The lowest BCUT2D eigenvalue weighted by atomic mass is 9.99. The number of imidazole rings is 1. The molecule has 60 heavy (non-hydrogen) atoms. The molecule has 15 heteroatoms. The number of rotatable bonds is 10. The highest BCUT2D eigenvalue weighted by atomic mass is 16.5. The van der Waals surface area contributed by atoms with E-state index in [4.69, 9.17) is 14.7 Å². The molecule has 0 spiro atoms. The van der Waals surface area contributed by atoms with E-state index in [0.717, 1.165) is 83.1 Å². The lowest BCUT2D eigenvalue weighted by molar-refractivity contribution is -0.130. The van der Waals surface area contributed by atoms with Gasteiger partial charge in [0, 0.05) is 131 Å². The van der Waals surface area contributed by atoms with Crippen molar-refractivity contribution in [1.29, 1.82) is 0 Å². The largest absolute Gasteiger partial charge is 0.381 e. The summed E-state index contributed by atoms with van der Waals surface area (Å²) in [5.74, 6) is 7.38. The first-order chi connectivity index (χ1) is 29.2. The molecule has 312 valence electrons. The summed E-state index contributed by atoms with van der Waals surface area (Å²) >= 11 is 0. The smallest absolute Gasteiger partial charge is 0.317 e. The van der Waals surface area contributed by atoms with Gasteiger partial charge in [0.1, 0.15) is 5.82 Å². The van der Waals surface area contributed by atoms with Gasteiger partial charge in [-0.2, -0.15) is 0 Å². The van der Waals surface area contributed by atoms with Gasteiger partial charge in [0.25, 0.3) is 5.91 Å². The number of urea groups is 1. The number of piperazine rings is 1. The molecule has 6 amide bonds. The van der Waals surface area contributed by atoms with Crippen LogP contribution < -0.4 is 15.5 Å². The molecule has 15 nitrogen and oxygen atoms in total. The zero-order valence-corrected chi connectivity index (χ0v) is 34.2. The van der Waals surface area contributed by atoms with E-state index in [0.29, 0.717) is 83.1 Å². The molecule has 0 bridgehead atoms. The van der Waals surface area contributed by atoms with Crippen LogP contribution in [0.5, 0.6) is 0 Å². The third-order valence-electron chi connectivity index (χ3n) is 12.3. The Morgan fingerprint density at radius 3 is 2.57 bits per heavy atom. The van der Waals surface area contributed by atoms with Crippen molar-refractivity contribution >= 4 is 46.8 Å². The number of amides is 6. The molecule has 2 saturated heterocycles. The van der Waals surface area contributed by atoms with E-state index in [1.165, 1.54) is 0 Å². The van der Waals surface area contributed by atoms with Crippen LogP contribution in [0.25, 0.3) is 22.2 Å². The van der Waals surface area contributed by atoms with Crippen LogP contribution in [-0.2, 0) is 38.8 Å². The molecule has 4 aliphatic rings. The number of benzene rings is 2. The van der Waals surface area contributed by atoms with Gasteiger partial charge in [-0.25, -0.2) is 9.78 Å². The quantitative estimate of drug-likeness (QED) is 0.137. The van der Waals surface area contributed by atoms with Crippen LogP contribution in [-0.4, -0.2) is 118 Å². The number of carbonyl (C=O) groups is 5. The number of nitrogens with one attached hydrogen (secondary N) is 2. The number of fused-ring (bicyclic) bond motifs is 3. The second-order valence-electron chi connectivity index (χ2n) is 15.9. The molecule has 8 rings (SSSR count). The minimum Gasteiger partial charge on any atom is -0.381 e. The predicted molar refractivity (Wildman–Crippen MR) is 225 cm³/mol. The summed E-state index contributed by atoms with van der Waals surface area (Å²) in [5.41, 5.74) is 7.18. The first kappa shape index (κ1) is 40.5. The minimum atomic E-state index is -0.370. The van der Waals surface area contributed by atoms with Crippen LogP contribution in [0.4, 0.5) is 10.5 Å². The van der Waals surface area contributed by atoms with Crippen LogP contribution >= 0.6 is 0 Å². The van der Waals surface area contributed by atoms with Crippen molar-refractivity contribution in [2.24, 2.45) is 0 Å². The molecule has 0 saturated carbocycles. The Morgan fingerprint density at radius 2 is 1.78 bits per heavy atom. The molecular formula is C45H51N9O6. The minimum absolute atomic E-state index is 0.0686. The SMILES string of the molecule is CC(=O)N1CCn2c(C3CCOCC3)nc(-c3ccnc4cc(N5CCN(C(=O)NCCC#Cc6cccc7c6CN(C(C)CCC(=O)NC=O)C7=O)CC5)ccc34)c2C1. The molecule has 4 aromatic rings. The van der Waals surface area contributed by atoms with Crippen molar-refractivity contribution in [3.63, 3.8) is 0 Å². The fourth-order valence-electron chi connectivity index (χ4n) is 8.82. The second kappa shape index (κ2) is 17.9. The van der Waals surface area contributed by atoms with Gasteiger partial charge in [-0.1, -0.05) is 24.0 Å². The average molecular weight is 814 g/mol. The third-order valence-corrected chi connectivity index (χ3v) is 12.3. The van der Waals surface area contributed by atoms with E-state index < -0.39 is 0 Å². The predicted octanol–water partition coefficient (Wildman–Crippen LogP) is 4.02. The first-order valence-electron chi connectivity index (χ1n) is 20.9. The van der Waals surface area contributed by atoms with E-state index in [-0.39, 0.29) is 36.2 Å². The van der Waals surface area contributed by atoms with Crippen LogP contribution in [0.3, 0.4) is 0 Å². The molecule has 0 aliphatic carbocycles. The standard InChI is InChI=1S/C45H51N9O6/c1-30(9-12-41(57)48-29-55)54-27-38-32(7-5-8-37(38)44(54)58)6-3-4-16-47-45(59)51-20-18-50(19-21-51)34-10-11-35-36(13-17-46-39(35)26-34)42-40-28-52(31(2)56)22-23-53(40)43(49-42)33-14-24-60-25-15-33/h5,7-8,10-11,13,17,26,29-30,33H,4,9,12,14-16,18-25,27-28H2,1-2H3,(H,47,59)(H,48,55,57). The van der Waals surface area contributed by atoms with Gasteiger partial charge in [0.05, 0.1) is 23.4 Å². The Labute approximate surface area is 349 Å². The molecular weight excluding hydrogens is 763 g/mol. The van der Waals surface area contributed by atoms with E-state index in [1.807, 2.05) is 41.1 Å². The lowest BCUT2D eigenvalue weighted by Gasteiger charge is -2.36. The molecule has 0 radical (unpaired) electrons. The number of imide groups is 1. The normalized spacial score (nSPS) is 17.1. The number of pyridine rings is 1. The zero-order valence-electron chi connectivity index (χ0n) is 34.2. The summed E-state index contributed by atoms with van der Waals surface area (Å²) in [6.45, 7) is 10.3. The number of anilines is 1. The topological polar surface area (TPSA) is 162 Å². The number of hydrogen-bond acceptors (Lipinski definition) is 9. The molecule has 2 N–H and O–H groups in total. The van der Waals surface area contributed by atoms with Crippen molar-refractivity contribution in [1.82, 2.24) is 39.9 Å². The van der Waals surface area contributed by atoms with Gasteiger partial charge in [-0.15, -0.1) is 0 Å². The highest BCUT2D eigenvalue weighted by molar-refractivity contribution is 5.99. The molecule has 2 fully saturated rings. The first-order valence-corrected chi connectivity index (χ1v) is 20.9. The Hall–Kier alpha value is -6.27. The number of ether oxygens (including phenoxy) is 1. The van der Waals surface area contributed by atoms with Crippen LogP contribution in [0.1, 0.15) is 84.9 Å². The summed E-state index contributed by atoms with van der Waals surface area (Å²) in [5, 5.41) is 6.16. The number of hydrogen-bond donors (Lipinski definition) is 2. The Morgan fingerprint density at radius 1 is 0.983 bits per heavy atom. The summed E-state index contributed by atoms with van der Waals surface area (Å²) in [7, 11) is 0. The molecule has 2 aromatic heterocycles. The summed E-state index contributed by atoms with van der Waals surface area (Å²) in [6, 6.07) is 13.6. The molecule has 4 aliphatic heterocycles. The van der Waals surface area contributed by atoms with E-state index in [1.54, 1.807) is 17.9 Å². The van der Waals surface area contributed by atoms with Crippen LogP contribution in [0.15, 0.2) is 48.7 Å². The average Bonchev–Trinajstić information content (AvgIpc) is 3.83. The van der Waals surface area contributed by atoms with E-state index in [2.05, 4.69) is 50.1 Å². The second-order valence-corrected chi connectivity index (χ2v) is 15.9. The number of nitrogens with zero attached hydrogens (tertiary/aromatic N) is 7. The molecule has 1 atom stereocenters. The number of carbonyl (C=O) groups excluding carboxylic acids is 5. The van der Waals surface area contributed by atoms with Crippen molar-refractivity contribution in [2.75, 3.05) is 57.4 Å². The highest BCUT2D eigenvalue weighted by Crippen LogP contribution is 2.37. The monoisotopic (exact) mass is 813 g/mol. The Balaban J connectivity index is 0.861. The summed E-state index contributed by atoms with van der Waals surface area (Å²) in [6.07, 6.45) is 5.13. The fourth-order valence-corrected chi connectivity index (χ4v) is 8.82. The maximum Gasteiger partial charge on any atom is 0.317 e. The van der Waals surface area contributed by atoms with Crippen molar-refractivity contribution in [2.45, 2.75) is 77.5 Å². The Kier molecular flexibility index (Phi) is 12.1. The van der Waals surface area contributed by atoms with Gasteiger partial charge in [-0.05, 0) is 62.1 Å². The van der Waals surface area contributed by atoms with E-state index >= 15 is 0 Å². The van der Waals surface area contributed by atoms with Gasteiger partial charge in [0.15, 0.2) is 0 Å². The maximum absolute atomic E-state index is 13.1. The van der Waals surface area contributed by atoms with Crippen molar-refractivity contribution < 1.29 is 28.7 Å². The van der Waals surface area contributed by atoms with Gasteiger partial charge in [0.2, 0.25) is 18.2 Å². The van der Waals surface area contributed by atoms with Crippen LogP contribution in [0, 0.1) is 11.8 Å². The third kappa shape index (κ3) is 8.42.